The van der Waals surface area contributed by atoms with Crippen LogP contribution in [0.2, 0.25) is 0 Å². The fraction of sp³-hybridized carbons (Fsp3) is 0.250. The quantitative estimate of drug-likeness (QED) is 0.670. The highest BCUT2D eigenvalue weighted by Gasteiger charge is 2.14. The van der Waals surface area contributed by atoms with Crippen LogP contribution in [0.25, 0.3) is 0 Å². The highest BCUT2D eigenvalue weighted by atomic mass is 16.6. The Kier molecular flexibility index (Phi) is 3.58. The van der Waals surface area contributed by atoms with E-state index in [0.29, 0.717) is 0 Å². The van der Waals surface area contributed by atoms with Crippen molar-refractivity contribution in [1.29, 1.82) is 0 Å². The van der Waals surface area contributed by atoms with Crippen LogP contribution in [0.3, 0.4) is 0 Å². The molecule has 2 N–H and O–H groups in total. The third kappa shape index (κ3) is 2.73. The van der Waals surface area contributed by atoms with Crippen molar-refractivity contribution in [2.75, 3.05) is 11.9 Å². The van der Waals surface area contributed by atoms with E-state index in [0.717, 1.165) is 36.4 Å². The van der Waals surface area contributed by atoms with Gasteiger partial charge in [0.05, 0.1) is 4.92 Å². The normalized spacial score (nSPS) is 13.6. The molecule has 2 aromatic rings. The summed E-state index contributed by atoms with van der Waals surface area (Å²) in [6.07, 6.45) is 0.991. The average molecular weight is 283 g/mol. The van der Waals surface area contributed by atoms with Gasteiger partial charge in [0, 0.05) is 30.1 Å². The maximum atomic E-state index is 10.8. The third-order valence-corrected chi connectivity index (χ3v) is 3.83. The predicted octanol–water partition coefficient (Wildman–Crippen LogP) is 3.29. The first-order chi connectivity index (χ1) is 10.1. The Morgan fingerprint density at radius 2 is 2.10 bits per heavy atom. The van der Waals surface area contributed by atoms with Gasteiger partial charge in [-0.25, -0.2) is 0 Å². The zero-order chi connectivity index (χ0) is 14.8. The minimum Gasteiger partial charge on any atom is -0.355 e. The Bertz CT molecular complexity index is 698. The first-order valence-electron chi connectivity index (χ1n) is 6.99. The number of rotatable bonds is 3. The summed E-state index contributed by atoms with van der Waals surface area (Å²) in [5, 5.41) is 17.6. The van der Waals surface area contributed by atoms with Crippen molar-refractivity contribution >= 4 is 17.1 Å². The fourth-order valence-electron chi connectivity index (χ4n) is 2.70. The number of hydrogen-bond donors (Lipinski definition) is 2. The number of hydrogen-bond acceptors (Lipinski definition) is 4. The summed E-state index contributed by atoms with van der Waals surface area (Å²) < 4.78 is 0. The van der Waals surface area contributed by atoms with Crippen LogP contribution in [-0.2, 0) is 13.0 Å². The fourth-order valence-corrected chi connectivity index (χ4v) is 2.70. The van der Waals surface area contributed by atoms with E-state index in [9.17, 15) is 10.1 Å². The highest BCUT2D eigenvalue weighted by molar-refractivity contribution is 5.68. The van der Waals surface area contributed by atoms with Gasteiger partial charge in [-0.2, -0.15) is 0 Å². The number of anilines is 2. The molecule has 0 bridgehead atoms. The molecule has 0 saturated heterocycles. The van der Waals surface area contributed by atoms with Gasteiger partial charge >= 0.3 is 0 Å². The minimum atomic E-state index is -0.368. The minimum absolute atomic E-state index is 0.123. The molecule has 0 fully saturated rings. The van der Waals surface area contributed by atoms with Crippen LogP contribution in [0.1, 0.15) is 16.7 Å². The molecule has 0 saturated carbocycles. The van der Waals surface area contributed by atoms with Crippen molar-refractivity contribution in [3.63, 3.8) is 0 Å². The van der Waals surface area contributed by atoms with Crippen LogP contribution >= 0.6 is 0 Å². The molecular weight excluding hydrogens is 266 g/mol. The molecule has 108 valence electrons. The molecule has 21 heavy (non-hydrogen) atoms. The van der Waals surface area contributed by atoms with Crippen molar-refractivity contribution in [3.8, 4) is 0 Å². The molecule has 0 spiro atoms. The Hall–Kier alpha value is -2.40. The van der Waals surface area contributed by atoms with E-state index in [1.54, 1.807) is 12.1 Å². The first-order valence-corrected chi connectivity index (χ1v) is 6.99. The van der Waals surface area contributed by atoms with E-state index in [4.69, 9.17) is 0 Å². The van der Waals surface area contributed by atoms with Gasteiger partial charge in [-0.3, -0.25) is 10.1 Å². The van der Waals surface area contributed by atoms with Crippen molar-refractivity contribution in [2.45, 2.75) is 19.9 Å². The number of nitro groups is 1. The lowest BCUT2D eigenvalue weighted by atomic mass is 9.98. The second-order valence-electron chi connectivity index (χ2n) is 5.25. The number of aryl methyl sites for hydroxylation is 1. The molecule has 1 heterocycles. The topological polar surface area (TPSA) is 67.2 Å². The van der Waals surface area contributed by atoms with Gasteiger partial charge in [-0.1, -0.05) is 12.1 Å². The lowest BCUT2D eigenvalue weighted by Gasteiger charge is -2.21. The molecule has 0 radical (unpaired) electrons. The Morgan fingerprint density at radius 1 is 1.24 bits per heavy atom. The molecule has 5 heteroatoms. The summed E-state index contributed by atoms with van der Waals surface area (Å²) in [6.45, 7) is 3.75. The number of fused-ring (bicyclic) bond motifs is 1. The summed E-state index contributed by atoms with van der Waals surface area (Å²) in [7, 11) is 0. The second kappa shape index (κ2) is 5.54. The van der Waals surface area contributed by atoms with Crippen LogP contribution < -0.4 is 10.6 Å². The van der Waals surface area contributed by atoms with E-state index in [2.05, 4.69) is 22.8 Å². The molecule has 0 unspecified atom stereocenters. The number of non-ortho nitro benzene ring substituents is 1. The SMILES string of the molecule is Cc1cc([N+](=O)[O-])ccc1Nc1cccc2c1CCNC2. The second-order valence-corrected chi connectivity index (χ2v) is 5.25. The zero-order valence-electron chi connectivity index (χ0n) is 11.8. The van der Waals surface area contributed by atoms with Crippen LogP contribution in [0.5, 0.6) is 0 Å². The highest BCUT2D eigenvalue weighted by Crippen LogP contribution is 2.29. The van der Waals surface area contributed by atoms with Gasteiger partial charge in [0.25, 0.3) is 5.69 Å². The maximum absolute atomic E-state index is 10.8. The van der Waals surface area contributed by atoms with Gasteiger partial charge < -0.3 is 10.6 Å². The van der Waals surface area contributed by atoms with Crippen LogP contribution in [0.4, 0.5) is 17.1 Å². The Labute approximate surface area is 123 Å². The molecule has 0 aliphatic carbocycles. The Balaban J connectivity index is 1.92. The number of benzene rings is 2. The van der Waals surface area contributed by atoms with E-state index in [-0.39, 0.29) is 10.6 Å². The third-order valence-electron chi connectivity index (χ3n) is 3.83. The standard InChI is InChI=1S/C16H17N3O2/c1-11-9-13(19(20)21)5-6-15(11)18-16-4-2-3-12-10-17-8-7-14(12)16/h2-6,9,17-18H,7-8,10H2,1H3. The smallest absolute Gasteiger partial charge is 0.269 e. The molecule has 1 aliphatic rings. The molecule has 0 amide bonds. The van der Waals surface area contributed by atoms with Crippen LogP contribution in [0.15, 0.2) is 36.4 Å². The summed E-state index contributed by atoms with van der Waals surface area (Å²) in [5.41, 5.74) is 5.63. The van der Waals surface area contributed by atoms with Gasteiger partial charge in [0.15, 0.2) is 0 Å². The van der Waals surface area contributed by atoms with E-state index in [1.165, 1.54) is 17.2 Å². The zero-order valence-corrected chi connectivity index (χ0v) is 11.8. The molecule has 1 aliphatic heterocycles. The molecule has 0 aromatic heterocycles. The lowest BCUT2D eigenvalue weighted by Crippen LogP contribution is -2.24. The molecule has 3 rings (SSSR count). The number of nitrogens with zero attached hydrogens (tertiary/aromatic N) is 1. The average Bonchev–Trinajstić information content (AvgIpc) is 2.49. The summed E-state index contributed by atoms with van der Waals surface area (Å²) in [6, 6.07) is 11.1. The largest absolute Gasteiger partial charge is 0.355 e. The van der Waals surface area contributed by atoms with Gasteiger partial charge in [0.1, 0.15) is 0 Å². The van der Waals surface area contributed by atoms with Gasteiger partial charge in [0.2, 0.25) is 0 Å². The number of nitro benzene ring substituents is 1. The van der Waals surface area contributed by atoms with Crippen molar-refractivity contribution in [1.82, 2.24) is 5.32 Å². The molecule has 5 nitrogen and oxygen atoms in total. The van der Waals surface area contributed by atoms with E-state index in [1.807, 2.05) is 13.0 Å². The van der Waals surface area contributed by atoms with Crippen molar-refractivity contribution in [3.05, 3.63) is 63.2 Å². The molecule has 0 atom stereocenters. The van der Waals surface area contributed by atoms with Crippen LogP contribution in [0, 0.1) is 17.0 Å². The van der Waals surface area contributed by atoms with Crippen molar-refractivity contribution in [2.24, 2.45) is 0 Å². The summed E-state index contributed by atoms with van der Waals surface area (Å²) in [4.78, 5) is 10.4. The van der Waals surface area contributed by atoms with Gasteiger partial charge in [-0.05, 0) is 48.7 Å². The summed E-state index contributed by atoms with van der Waals surface area (Å²) in [5.74, 6) is 0. The lowest BCUT2D eigenvalue weighted by molar-refractivity contribution is -0.384. The first kappa shape index (κ1) is 13.6. The van der Waals surface area contributed by atoms with E-state index >= 15 is 0 Å². The van der Waals surface area contributed by atoms with E-state index < -0.39 is 0 Å². The number of nitrogens with one attached hydrogen (secondary N) is 2. The molecular formula is C16H17N3O2. The predicted molar refractivity (Wildman–Crippen MR) is 83.0 cm³/mol. The molecule has 2 aromatic carbocycles. The maximum Gasteiger partial charge on any atom is 0.269 e. The van der Waals surface area contributed by atoms with Crippen LogP contribution in [-0.4, -0.2) is 11.5 Å². The van der Waals surface area contributed by atoms with Crippen molar-refractivity contribution < 1.29 is 4.92 Å². The monoisotopic (exact) mass is 283 g/mol. The van der Waals surface area contributed by atoms with Gasteiger partial charge in [-0.15, -0.1) is 0 Å². The summed E-state index contributed by atoms with van der Waals surface area (Å²) >= 11 is 0. The Morgan fingerprint density at radius 3 is 2.86 bits per heavy atom.